The number of rotatable bonds is 5. The summed E-state index contributed by atoms with van der Waals surface area (Å²) in [4.78, 5) is 10.7. The number of aliphatic carboxylic acids is 1. The number of carbonyl (C=O) groups is 1. The number of thiophene rings is 1. The number of carboxylic acid groups (broad SMARTS) is 1. The second-order valence-corrected chi connectivity index (χ2v) is 6.66. The first-order chi connectivity index (χ1) is 7.38. The average Bonchev–Trinajstić information content (AvgIpc) is 2.61. The van der Waals surface area contributed by atoms with E-state index in [1.54, 1.807) is 18.4 Å². The van der Waals surface area contributed by atoms with Gasteiger partial charge < -0.3 is 5.11 Å². The molecule has 0 aliphatic rings. The van der Waals surface area contributed by atoms with Crippen LogP contribution < -0.4 is 4.72 Å². The number of carboxylic acids is 1. The van der Waals surface area contributed by atoms with Crippen molar-refractivity contribution in [2.45, 2.75) is 23.6 Å². The Morgan fingerprint density at radius 3 is 2.69 bits per heavy atom. The maximum atomic E-state index is 11.8. The van der Waals surface area contributed by atoms with Crippen LogP contribution in [0.5, 0.6) is 0 Å². The van der Waals surface area contributed by atoms with Crippen LogP contribution in [-0.4, -0.2) is 25.5 Å². The summed E-state index contributed by atoms with van der Waals surface area (Å²) < 4.78 is 26.3. The van der Waals surface area contributed by atoms with Crippen molar-refractivity contribution in [3.8, 4) is 0 Å². The minimum atomic E-state index is -3.76. The largest absolute Gasteiger partial charge is 0.480 e. The first kappa shape index (κ1) is 13.6. The maximum Gasteiger partial charge on any atom is 0.321 e. The molecule has 0 bridgehead atoms. The molecule has 1 rings (SSSR count). The van der Waals surface area contributed by atoms with E-state index in [9.17, 15) is 13.2 Å². The van der Waals surface area contributed by atoms with Gasteiger partial charge >= 0.3 is 5.97 Å². The zero-order valence-corrected chi connectivity index (χ0v) is 11.5. The molecule has 0 aromatic carbocycles. The third-order valence-electron chi connectivity index (χ3n) is 1.83. The van der Waals surface area contributed by atoms with Gasteiger partial charge in [-0.05, 0) is 33.8 Å². The number of sulfonamides is 1. The number of hydrogen-bond acceptors (Lipinski definition) is 4. The van der Waals surface area contributed by atoms with Crippen LogP contribution >= 0.6 is 27.3 Å². The highest BCUT2D eigenvalue weighted by Crippen LogP contribution is 2.27. The molecule has 1 heterocycles. The van der Waals surface area contributed by atoms with E-state index in [4.69, 9.17) is 5.11 Å². The molecule has 0 fully saturated rings. The van der Waals surface area contributed by atoms with Gasteiger partial charge in [0, 0.05) is 4.47 Å². The van der Waals surface area contributed by atoms with Gasteiger partial charge in [0.05, 0.1) is 0 Å². The van der Waals surface area contributed by atoms with Crippen LogP contribution in [-0.2, 0) is 14.8 Å². The van der Waals surface area contributed by atoms with Crippen molar-refractivity contribution in [1.82, 2.24) is 4.72 Å². The Bertz CT molecular complexity index is 482. The standard InChI is InChI=1S/C8H10BrNO4S2/c1-2-6(7(11)12)10-16(13,14)8-5(9)3-4-15-8/h3-4,6,10H,2H2,1H3,(H,11,12)/t6-/m0/s1. The summed E-state index contributed by atoms with van der Waals surface area (Å²) >= 11 is 4.13. The lowest BCUT2D eigenvalue weighted by atomic mass is 10.2. The summed E-state index contributed by atoms with van der Waals surface area (Å²) in [5, 5.41) is 10.4. The van der Waals surface area contributed by atoms with Crippen LogP contribution in [0.3, 0.4) is 0 Å². The molecule has 1 aromatic heterocycles. The summed E-state index contributed by atoms with van der Waals surface area (Å²) in [6.07, 6.45) is 0.192. The fraction of sp³-hybridized carbons (Fsp3) is 0.375. The van der Waals surface area contributed by atoms with Gasteiger partial charge in [-0.2, -0.15) is 4.72 Å². The molecule has 90 valence electrons. The zero-order chi connectivity index (χ0) is 12.3. The Kier molecular flexibility index (Phi) is 4.48. The van der Waals surface area contributed by atoms with E-state index >= 15 is 0 Å². The lowest BCUT2D eigenvalue weighted by Gasteiger charge is -2.11. The van der Waals surface area contributed by atoms with Gasteiger partial charge in [0.2, 0.25) is 0 Å². The quantitative estimate of drug-likeness (QED) is 0.861. The highest BCUT2D eigenvalue weighted by molar-refractivity contribution is 9.10. The first-order valence-corrected chi connectivity index (χ1v) is 7.52. The van der Waals surface area contributed by atoms with E-state index in [-0.39, 0.29) is 10.6 Å². The van der Waals surface area contributed by atoms with E-state index in [1.165, 1.54) is 0 Å². The van der Waals surface area contributed by atoms with E-state index in [0.29, 0.717) is 4.47 Å². The topological polar surface area (TPSA) is 83.5 Å². The van der Waals surface area contributed by atoms with Crippen LogP contribution in [0, 0.1) is 0 Å². The summed E-state index contributed by atoms with van der Waals surface area (Å²) in [5.41, 5.74) is 0. The van der Waals surface area contributed by atoms with E-state index in [1.807, 2.05) is 0 Å². The molecule has 0 saturated carbocycles. The fourth-order valence-electron chi connectivity index (χ4n) is 1.02. The van der Waals surface area contributed by atoms with Crippen molar-refractivity contribution in [3.63, 3.8) is 0 Å². The van der Waals surface area contributed by atoms with Crippen molar-refractivity contribution in [2.24, 2.45) is 0 Å². The van der Waals surface area contributed by atoms with Crippen molar-refractivity contribution >= 4 is 43.3 Å². The average molecular weight is 328 g/mol. The first-order valence-electron chi connectivity index (χ1n) is 4.36. The maximum absolute atomic E-state index is 11.8. The van der Waals surface area contributed by atoms with Gasteiger partial charge in [-0.1, -0.05) is 6.92 Å². The smallest absolute Gasteiger partial charge is 0.321 e. The minimum Gasteiger partial charge on any atom is -0.480 e. The Labute approximate surface area is 106 Å². The number of nitrogens with one attached hydrogen (secondary N) is 1. The van der Waals surface area contributed by atoms with Crippen LogP contribution in [0.15, 0.2) is 20.1 Å². The molecule has 8 heteroatoms. The Balaban J connectivity index is 2.97. The third-order valence-corrected chi connectivity index (χ3v) is 5.97. The van der Waals surface area contributed by atoms with Crippen LogP contribution in [0.2, 0.25) is 0 Å². The summed E-state index contributed by atoms with van der Waals surface area (Å²) in [5.74, 6) is -1.18. The Hall–Kier alpha value is -0.440. The number of halogens is 1. The Morgan fingerprint density at radius 2 is 2.31 bits per heavy atom. The predicted octanol–water partition coefficient (Wildman–Crippen LogP) is 1.65. The highest BCUT2D eigenvalue weighted by atomic mass is 79.9. The molecule has 1 atom stereocenters. The van der Waals surface area contributed by atoms with Gasteiger partial charge in [-0.25, -0.2) is 8.42 Å². The van der Waals surface area contributed by atoms with Crippen LogP contribution in [0.4, 0.5) is 0 Å². The van der Waals surface area contributed by atoms with Crippen molar-refractivity contribution in [2.75, 3.05) is 0 Å². The van der Waals surface area contributed by atoms with E-state index < -0.39 is 22.0 Å². The van der Waals surface area contributed by atoms with E-state index in [0.717, 1.165) is 11.3 Å². The fourth-order valence-corrected chi connectivity index (χ4v) is 4.65. The molecule has 2 N–H and O–H groups in total. The molecule has 16 heavy (non-hydrogen) atoms. The second-order valence-electron chi connectivity index (χ2n) is 2.98. The minimum absolute atomic E-state index is 0.0900. The zero-order valence-electron chi connectivity index (χ0n) is 8.31. The van der Waals surface area contributed by atoms with Gasteiger partial charge in [-0.3, -0.25) is 4.79 Å². The van der Waals surface area contributed by atoms with Crippen molar-refractivity contribution in [3.05, 3.63) is 15.9 Å². The molecule has 0 amide bonds. The lowest BCUT2D eigenvalue weighted by molar-refractivity contribution is -0.139. The molecule has 0 unspecified atom stereocenters. The molecule has 1 aromatic rings. The molecular weight excluding hydrogens is 318 g/mol. The summed E-state index contributed by atoms with van der Waals surface area (Å²) in [7, 11) is -3.76. The highest BCUT2D eigenvalue weighted by Gasteiger charge is 2.26. The molecule has 0 radical (unpaired) electrons. The SMILES string of the molecule is CC[C@H](NS(=O)(=O)c1sccc1Br)C(=O)O. The van der Waals surface area contributed by atoms with E-state index in [2.05, 4.69) is 20.7 Å². The van der Waals surface area contributed by atoms with Gasteiger partial charge in [0.1, 0.15) is 10.3 Å². The van der Waals surface area contributed by atoms with Crippen molar-refractivity contribution in [1.29, 1.82) is 0 Å². The molecule has 0 aliphatic heterocycles. The third kappa shape index (κ3) is 3.03. The van der Waals surface area contributed by atoms with Crippen LogP contribution in [0.1, 0.15) is 13.3 Å². The van der Waals surface area contributed by atoms with Gasteiger partial charge in [0.15, 0.2) is 0 Å². The normalized spacial score (nSPS) is 13.6. The van der Waals surface area contributed by atoms with Crippen molar-refractivity contribution < 1.29 is 18.3 Å². The Morgan fingerprint density at radius 1 is 1.69 bits per heavy atom. The summed E-state index contributed by atoms with van der Waals surface area (Å²) in [6.45, 7) is 1.60. The predicted molar refractivity (Wildman–Crippen MR) is 64.1 cm³/mol. The molecule has 0 saturated heterocycles. The number of hydrogen-bond donors (Lipinski definition) is 2. The van der Waals surface area contributed by atoms with Gasteiger partial charge in [-0.15, -0.1) is 11.3 Å². The summed E-state index contributed by atoms with van der Waals surface area (Å²) in [6, 6.07) is 0.500. The second kappa shape index (κ2) is 5.26. The lowest BCUT2D eigenvalue weighted by Crippen LogP contribution is -2.39. The van der Waals surface area contributed by atoms with Crippen LogP contribution in [0.25, 0.3) is 0 Å². The molecule has 0 aliphatic carbocycles. The molecular formula is C8H10BrNO4S2. The molecule has 0 spiro atoms. The molecule has 5 nitrogen and oxygen atoms in total. The van der Waals surface area contributed by atoms with Gasteiger partial charge in [0.25, 0.3) is 10.0 Å². The monoisotopic (exact) mass is 327 g/mol.